The number of hydrogen-bond donors (Lipinski definition) is 1. The molecule has 3 rings (SSSR count). The highest BCUT2D eigenvalue weighted by atomic mass is 14.6. The summed E-state index contributed by atoms with van der Waals surface area (Å²) in [6, 6.07) is 9.25. The first-order valence-electron chi connectivity index (χ1n) is 9.03. The van der Waals surface area contributed by atoms with Gasteiger partial charge in [0.2, 0.25) is 0 Å². The lowest BCUT2D eigenvalue weighted by atomic mass is 9.68. The number of aryl methyl sites for hydroxylation is 1. The molecule has 0 atom stereocenters. The third kappa shape index (κ3) is 3.69. The highest BCUT2D eigenvalue weighted by Gasteiger charge is 2.30. The first-order chi connectivity index (χ1) is 10.3. The fraction of sp³-hybridized carbons (Fsp3) is 0.700. The van der Waals surface area contributed by atoms with Gasteiger partial charge >= 0.3 is 0 Å². The Hall–Kier alpha value is -0.820. The van der Waals surface area contributed by atoms with Gasteiger partial charge in [-0.2, -0.15) is 0 Å². The van der Waals surface area contributed by atoms with E-state index in [9.17, 15) is 0 Å². The highest BCUT2D eigenvalue weighted by Crippen LogP contribution is 2.43. The second-order valence-corrected chi connectivity index (χ2v) is 7.54. The first-order valence-corrected chi connectivity index (χ1v) is 9.03. The van der Waals surface area contributed by atoms with Gasteiger partial charge in [-0.1, -0.05) is 29.8 Å². The van der Waals surface area contributed by atoms with Crippen molar-refractivity contribution in [3.63, 3.8) is 0 Å². The molecule has 0 amide bonds. The molecule has 2 fully saturated rings. The van der Waals surface area contributed by atoms with Gasteiger partial charge in [-0.15, -0.1) is 0 Å². The van der Waals surface area contributed by atoms with Crippen LogP contribution >= 0.6 is 0 Å². The number of nitrogens with two attached hydrogens (primary N) is 1. The van der Waals surface area contributed by atoms with Gasteiger partial charge in [0.25, 0.3) is 0 Å². The van der Waals surface area contributed by atoms with Gasteiger partial charge in [0.1, 0.15) is 0 Å². The first kappa shape index (κ1) is 15.1. The van der Waals surface area contributed by atoms with E-state index in [1.165, 1.54) is 56.9 Å². The van der Waals surface area contributed by atoms with Crippen LogP contribution in [0, 0.1) is 24.7 Å². The van der Waals surface area contributed by atoms with E-state index in [1.54, 1.807) is 5.56 Å². The Morgan fingerprint density at radius 1 is 0.810 bits per heavy atom. The number of benzene rings is 1. The van der Waals surface area contributed by atoms with E-state index in [2.05, 4.69) is 31.2 Å². The Labute approximate surface area is 130 Å². The van der Waals surface area contributed by atoms with Crippen LogP contribution in [0.3, 0.4) is 0 Å². The summed E-state index contributed by atoms with van der Waals surface area (Å²) < 4.78 is 0. The van der Waals surface area contributed by atoms with Crippen LogP contribution in [0.2, 0.25) is 0 Å². The molecule has 0 bridgehead atoms. The summed E-state index contributed by atoms with van der Waals surface area (Å²) in [4.78, 5) is 0. The lowest BCUT2D eigenvalue weighted by molar-refractivity contribution is 0.162. The summed E-state index contributed by atoms with van der Waals surface area (Å²) in [5.74, 6) is 3.66. The number of rotatable bonds is 3. The monoisotopic (exact) mass is 285 g/mol. The highest BCUT2D eigenvalue weighted by molar-refractivity contribution is 5.24. The molecule has 1 heteroatoms. The average molecular weight is 285 g/mol. The SMILES string of the molecule is Cc1ccc(C2CCC(C3CCC(CN)CC3)CC2)cc1. The predicted molar refractivity (Wildman–Crippen MR) is 90.4 cm³/mol. The number of hydrogen-bond acceptors (Lipinski definition) is 1. The molecule has 116 valence electrons. The van der Waals surface area contributed by atoms with Crippen LogP contribution < -0.4 is 5.73 Å². The fourth-order valence-electron chi connectivity index (χ4n) is 4.66. The van der Waals surface area contributed by atoms with E-state index in [0.29, 0.717) is 0 Å². The molecule has 2 aliphatic rings. The van der Waals surface area contributed by atoms with Gasteiger partial charge in [0.05, 0.1) is 0 Å². The Balaban J connectivity index is 1.50. The minimum absolute atomic E-state index is 0.822. The molecular weight excluding hydrogens is 254 g/mol. The van der Waals surface area contributed by atoms with Crippen LogP contribution in [-0.4, -0.2) is 6.54 Å². The summed E-state index contributed by atoms with van der Waals surface area (Å²) in [7, 11) is 0. The van der Waals surface area contributed by atoms with E-state index in [-0.39, 0.29) is 0 Å². The van der Waals surface area contributed by atoms with E-state index >= 15 is 0 Å². The summed E-state index contributed by atoms with van der Waals surface area (Å²) in [5, 5.41) is 0. The third-order valence-corrected chi connectivity index (χ3v) is 6.21. The topological polar surface area (TPSA) is 26.0 Å². The van der Waals surface area contributed by atoms with E-state index in [0.717, 1.165) is 30.2 Å². The smallest absolute Gasteiger partial charge is 0.00489 e. The fourth-order valence-corrected chi connectivity index (χ4v) is 4.66. The van der Waals surface area contributed by atoms with Crippen molar-refractivity contribution in [2.24, 2.45) is 23.5 Å². The Morgan fingerprint density at radius 2 is 1.33 bits per heavy atom. The standard InChI is InChI=1S/C20H31N/c1-15-2-6-17(7-3-15)19-10-12-20(13-11-19)18-8-4-16(14-21)5-9-18/h2-3,6-7,16,18-20H,4-5,8-14,21H2,1H3. The van der Waals surface area contributed by atoms with Crippen molar-refractivity contribution >= 4 is 0 Å². The van der Waals surface area contributed by atoms with E-state index < -0.39 is 0 Å². The minimum Gasteiger partial charge on any atom is -0.330 e. The van der Waals surface area contributed by atoms with Crippen molar-refractivity contribution in [3.8, 4) is 0 Å². The maximum atomic E-state index is 5.82. The van der Waals surface area contributed by atoms with Crippen LogP contribution in [0.4, 0.5) is 0 Å². The van der Waals surface area contributed by atoms with Crippen LogP contribution in [0.25, 0.3) is 0 Å². The Morgan fingerprint density at radius 3 is 1.86 bits per heavy atom. The zero-order valence-corrected chi connectivity index (χ0v) is 13.6. The zero-order valence-electron chi connectivity index (χ0n) is 13.6. The van der Waals surface area contributed by atoms with Gasteiger partial charge in [0, 0.05) is 0 Å². The van der Waals surface area contributed by atoms with Crippen LogP contribution in [0.5, 0.6) is 0 Å². The molecule has 21 heavy (non-hydrogen) atoms. The molecule has 0 saturated heterocycles. The van der Waals surface area contributed by atoms with Gasteiger partial charge in [-0.25, -0.2) is 0 Å². The van der Waals surface area contributed by atoms with Gasteiger partial charge in [-0.3, -0.25) is 0 Å². The largest absolute Gasteiger partial charge is 0.330 e. The lowest BCUT2D eigenvalue weighted by Gasteiger charge is -2.37. The molecule has 1 aromatic carbocycles. The summed E-state index contributed by atoms with van der Waals surface area (Å²) in [5.41, 5.74) is 8.77. The van der Waals surface area contributed by atoms with Crippen LogP contribution in [0.1, 0.15) is 68.4 Å². The molecule has 0 radical (unpaired) electrons. The minimum atomic E-state index is 0.822. The second-order valence-electron chi connectivity index (χ2n) is 7.54. The summed E-state index contributed by atoms with van der Waals surface area (Å²) in [6.45, 7) is 3.09. The molecular formula is C20H31N. The molecule has 2 aliphatic carbocycles. The molecule has 1 nitrogen and oxygen atoms in total. The van der Waals surface area contributed by atoms with Gasteiger partial charge in [-0.05, 0) is 94.1 Å². The van der Waals surface area contributed by atoms with Crippen molar-refractivity contribution in [2.45, 2.75) is 64.2 Å². The van der Waals surface area contributed by atoms with Crippen molar-refractivity contribution in [1.29, 1.82) is 0 Å². The zero-order chi connectivity index (χ0) is 14.7. The molecule has 0 unspecified atom stereocenters. The summed E-state index contributed by atoms with van der Waals surface area (Å²) >= 11 is 0. The molecule has 0 aromatic heterocycles. The molecule has 2 N–H and O–H groups in total. The molecule has 0 aliphatic heterocycles. The third-order valence-electron chi connectivity index (χ3n) is 6.21. The maximum Gasteiger partial charge on any atom is -0.00489 e. The Kier molecular flexibility index (Phi) is 5.00. The lowest BCUT2D eigenvalue weighted by Crippen LogP contribution is -2.27. The summed E-state index contributed by atoms with van der Waals surface area (Å²) in [6.07, 6.45) is 11.4. The average Bonchev–Trinajstić information content (AvgIpc) is 2.56. The quantitative estimate of drug-likeness (QED) is 0.827. The second kappa shape index (κ2) is 6.96. The van der Waals surface area contributed by atoms with Crippen molar-refractivity contribution < 1.29 is 0 Å². The van der Waals surface area contributed by atoms with Gasteiger partial charge < -0.3 is 5.73 Å². The normalized spacial score (nSPS) is 33.8. The molecule has 0 spiro atoms. The van der Waals surface area contributed by atoms with E-state index in [1.807, 2.05) is 0 Å². The predicted octanol–water partition coefficient (Wildman–Crippen LogP) is 5.03. The van der Waals surface area contributed by atoms with Crippen LogP contribution in [-0.2, 0) is 0 Å². The maximum absolute atomic E-state index is 5.82. The molecule has 0 heterocycles. The molecule has 1 aromatic rings. The van der Waals surface area contributed by atoms with Gasteiger partial charge in [0.15, 0.2) is 0 Å². The van der Waals surface area contributed by atoms with Crippen molar-refractivity contribution in [2.75, 3.05) is 6.54 Å². The van der Waals surface area contributed by atoms with Crippen LogP contribution in [0.15, 0.2) is 24.3 Å². The molecule has 2 saturated carbocycles. The van der Waals surface area contributed by atoms with E-state index in [4.69, 9.17) is 5.73 Å². The van der Waals surface area contributed by atoms with Crippen molar-refractivity contribution in [1.82, 2.24) is 0 Å². The Bertz CT molecular complexity index is 420. The van der Waals surface area contributed by atoms with Crippen molar-refractivity contribution in [3.05, 3.63) is 35.4 Å².